The number of ether oxygens (including phenoxy) is 1. The van der Waals surface area contributed by atoms with Gasteiger partial charge in [-0.1, -0.05) is 24.7 Å². The summed E-state index contributed by atoms with van der Waals surface area (Å²) in [6, 6.07) is 1.59. The highest BCUT2D eigenvalue weighted by atomic mass is 32.1. The van der Waals surface area contributed by atoms with E-state index in [9.17, 15) is 4.79 Å². The van der Waals surface area contributed by atoms with E-state index in [0.29, 0.717) is 4.96 Å². The first kappa shape index (κ1) is 15.4. The van der Waals surface area contributed by atoms with Crippen LogP contribution in [0.3, 0.4) is 0 Å². The smallest absolute Gasteiger partial charge is 0.275 e. The van der Waals surface area contributed by atoms with Crippen LogP contribution in [0, 0.1) is 0 Å². The molecule has 1 atom stereocenters. The van der Waals surface area contributed by atoms with Crippen molar-refractivity contribution in [2.24, 2.45) is 0 Å². The van der Waals surface area contributed by atoms with Crippen molar-refractivity contribution in [1.82, 2.24) is 14.6 Å². The van der Waals surface area contributed by atoms with Crippen molar-refractivity contribution in [2.45, 2.75) is 45.6 Å². The molecule has 120 valence electrons. The Balaban J connectivity index is 1.89. The van der Waals surface area contributed by atoms with Gasteiger partial charge in [-0.15, -0.1) is 5.10 Å². The largest absolute Gasteiger partial charge is 0.376 e. The molecule has 3 heterocycles. The number of rotatable bonds is 6. The molecule has 0 amide bonds. The summed E-state index contributed by atoms with van der Waals surface area (Å²) >= 11 is 1.48. The molecule has 3 rings (SSSR count). The van der Waals surface area contributed by atoms with Crippen LogP contribution in [0.2, 0.25) is 0 Å². The number of fused-ring (bicyclic) bond motifs is 1. The number of likely N-dealkylation sites (N-methyl/N-ethyl adjacent to an activating group) is 1. The molecule has 22 heavy (non-hydrogen) atoms. The van der Waals surface area contributed by atoms with Crippen molar-refractivity contribution >= 4 is 21.4 Å². The summed E-state index contributed by atoms with van der Waals surface area (Å²) in [6.07, 6.45) is 4.30. The number of anilines is 1. The summed E-state index contributed by atoms with van der Waals surface area (Å²) in [4.78, 5) is 19.6. The van der Waals surface area contributed by atoms with Crippen LogP contribution in [0.1, 0.15) is 38.8 Å². The van der Waals surface area contributed by atoms with Crippen LogP contribution in [0.15, 0.2) is 10.9 Å². The molecule has 0 aromatic carbocycles. The lowest BCUT2D eigenvalue weighted by atomic mass is 10.2. The van der Waals surface area contributed by atoms with Crippen LogP contribution < -0.4 is 10.5 Å². The fraction of sp³-hybridized carbons (Fsp3) is 0.667. The Bertz CT molecular complexity index is 690. The van der Waals surface area contributed by atoms with Gasteiger partial charge in [-0.3, -0.25) is 4.79 Å². The molecule has 0 spiro atoms. The van der Waals surface area contributed by atoms with E-state index in [0.717, 1.165) is 56.2 Å². The van der Waals surface area contributed by atoms with Gasteiger partial charge in [-0.2, -0.15) is 4.52 Å². The Morgan fingerprint density at radius 3 is 3.05 bits per heavy atom. The average molecular weight is 322 g/mol. The first-order valence-corrected chi connectivity index (χ1v) is 8.79. The molecular weight excluding hydrogens is 300 g/mol. The molecule has 0 N–H and O–H groups in total. The molecule has 1 aliphatic rings. The molecule has 0 bridgehead atoms. The van der Waals surface area contributed by atoms with Crippen LogP contribution in [-0.4, -0.2) is 40.4 Å². The Kier molecular flexibility index (Phi) is 4.73. The number of aromatic nitrogens is 3. The topological polar surface area (TPSA) is 59.7 Å². The van der Waals surface area contributed by atoms with E-state index >= 15 is 0 Å². The van der Waals surface area contributed by atoms with Gasteiger partial charge in [0.25, 0.3) is 5.56 Å². The fourth-order valence-electron chi connectivity index (χ4n) is 2.73. The molecule has 2 aromatic heterocycles. The number of nitrogens with zero attached hydrogens (tertiary/aromatic N) is 4. The highest BCUT2D eigenvalue weighted by Crippen LogP contribution is 2.23. The first-order valence-electron chi connectivity index (χ1n) is 7.97. The lowest BCUT2D eigenvalue weighted by Gasteiger charge is -2.22. The van der Waals surface area contributed by atoms with Gasteiger partial charge in [-0.05, 0) is 26.2 Å². The van der Waals surface area contributed by atoms with Crippen LogP contribution in [0.25, 0.3) is 4.96 Å². The van der Waals surface area contributed by atoms with Crippen LogP contribution in [0.5, 0.6) is 0 Å². The summed E-state index contributed by atoms with van der Waals surface area (Å²) < 4.78 is 7.12. The molecule has 1 unspecified atom stereocenters. The van der Waals surface area contributed by atoms with Gasteiger partial charge in [0.2, 0.25) is 10.1 Å². The van der Waals surface area contributed by atoms with Crippen molar-refractivity contribution in [3.05, 3.63) is 22.1 Å². The third-order valence-corrected chi connectivity index (χ3v) is 4.86. The summed E-state index contributed by atoms with van der Waals surface area (Å²) in [5.41, 5.74) is 0.758. The van der Waals surface area contributed by atoms with Gasteiger partial charge in [0.15, 0.2) is 0 Å². The monoisotopic (exact) mass is 322 g/mol. The van der Waals surface area contributed by atoms with Crippen LogP contribution in [-0.2, 0) is 11.2 Å². The zero-order valence-electron chi connectivity index (χ0n) is 13.1. The fourth-order valence-corrected chi connectivity index (χ4v) is 3.73. The molecule has 2 aromatic rings. The molecular formula is C15H22N4O2S. The maximum Gasteiger partial charge on any atom is 0.275 e. The minimum absolute atomic E-state index is 0.0934. The minimum Gasteiger partial charge on any atom is -0.376 e. The Labute approximate surface area is 133 Å². The molecule has 6 nitrogen and oxygen atoms in total. The van der Waals surface area contributed by atoms with Crippen molar-refractivity contribution in [3.63, 3.8) is 0 Å². The zero-order valence-corrected chi connectivity index (χ0v) is 13.9. The summed E-state index contributed by atoms with van der Waals surface area (Å²) in [6.45, 7) is 6.70. The molecule has 7 heteroatoms. The van der Waals surface area contributed by atoms with Gasteiger partial charge in [0.05, 0.1) is 6.10 Å². The van der Waals surface area contributed by atoms with Crippen molar-refractivity contribution < 1.29 is 4.74 Å². The quantitative estimate of drug-likeness (QED) is 0.815. The summed E-state index contributed by atoms with van der Waals surface area (Å²) in [5, 5.41) is 5.30. The Morgan fingerprint density at radius 1 is 1.50 bits per heavy atom. The lowest BCUT2D eigenvalue weighted by molar-refractivity contribution is 0.115. The summed E-state index contributed by atoms with van der Waals surface area (Å²) in [5.74, 6) is 0. The molecule has 1 fully saturated rings. The average Bonchev–Trinajstić information content (AvgIpc) is 3.14. The molecule has 1 aliphatic heterocycles. The van der Waals surface area contributed by atoms with Crippen LogP contribution >= 0.6 is 11.3 Å². The maximum atomic E-state index is 12.2. The van der Waals surface area contributed by atoms with E-state index in [1.165, 1.54) is 15.9 Å². The highest BCUT2D eigenvalue weighted by molar-refractivity contribution is 7.20. The zero-order chi connectivity index (χ0) is 15.5. The standard InChI is InChI=1S/C15H22N4O2S/c1-3-6-11-9-13(20)19-14(16-11)22-15(17-19)18(4-2)10-12-7-5-8-21-12/h9,12H,3-8,10H2,1-2H3. The normalized spacial score (nSPS) is 18.2. The predicted molar refractivity (Wildman–Crippen MR) is 88.0 cm³/mol. The molecule has 0 aliphatic carbocycles. The minimum atomic E-state index is -0.0934. The first-order chi connectivity index (χ1) is 10.7. The van der Waals surface area contributed by atoms with Crippen LogP contribution in [0.4, 0.5) is 5.13 Å². The Morgan fingerprint density at radius 2 is 2.36 bits per heavy atom. The van der Waals surface area contributed by atoms with E-state index in [1.807, 2.05) is 0 Å². The lowest BCUT2D eigenvalue weighted by Crippen LogP contribution is -2.32. The number of aryl methyl sites for hydroxylation is 1. The molecule has 0 radical (unpaired) electrons. The SMILES string of the molecule is CCCc1cc(=O)n2nc(N(CC)CC3CCCO3)sc2n1. The van der Waals surface area contributed by atoms with E-state index in [1.54, 1.807) is 6.07 Å². The van der Waals surface area contributed by atoms with E-state index in [2.05, 4.69) is 28.8 Å². The van der Waals surface area contributed by atoms with E-state index in [-0.39, 0.29) is 11.7 Å². The van der Waals surface area contributed by atoms with Crippen molar-refractivity contribution in [3.8, 4) is 0 Å². The highest BCUT2D eigenvalue weighted by Gasteiger charge is 2.21. The van der Waals surface area contributed by atoms with Gasteiger partial charge < -0.3 is 9.64 Å². The van der Waals surface area contributed by atoms with E-state index in [4.69, 9.17) is 4.74 Å². The number of hydrogen-bond acceptors (Lipinski definition) is 6. The predicted octanol–water partition coefficient (Wildman–Crippen LogP) is 2.11. The Hall–Kier alpha value is -1.47. The molecule has 0 saturated carbocycles. The second-order valence-corrected chi connectivity index (χ2v) is 6.52. The number of hydrogen-bond donors (Lipinski definition) is 0. The second-order valence-electron chi connectivity index (χ2n) is 5.59. The second kappa shape index (κ2) is 6.75. The van der Waals surface area contributed by atoms with Gasteiger partial charge in [0.1, 0.15) is 0 Å². The van der Waals surface area contributed by atoms with Crippen molar-refractivity contribution in [1.29, 1.82) is 0 Å². The summed E-state index contributed by atoms with van der Waals surface area (Å²) in [7, 11) is 0. The maximum absolute atomic E-state index is 12.2. The third kappa shape index (κ3) is 3.15. The van der Waals surface area contributed by atoms with Gasteiger partial charge in [0, 0.05) is 31.5 Å². The van der Waals surface area contributed by atoms with Gasteiger partial charge in [-0.25, -0.2) is 4.98 Å². The van der Waals surface area contributed by atoms with Gasteiger partial charge >= 0.3 is 0 Å². The van der Waals surface area contributed by atoms with Crippen molar-refractivity contribution in [2.75, 3.05) is 24.6 Å². The van der Waals surface area contributed by atoms with E-state index < -0.39 is 0 Å². The third-order valence-electron chi connectivity index (χ3n) is 3.89. The molecule has 1 saturated heterocycles.